The lowest BCUT2D eigenvalue weighted by molar-refractivity contribution is 0.350. The number of methoxy groups -OCH3 is 1. The monoisotopic (exact) mass is 157 g/mol. The van der Waals surface area contributed by atoms with E-state index in [1.54, 1.807) is 0 Å². The molecule has 0 fully saturated rings. The highest BCUT2D eigenvalue weighted by Gasteiger charge is 2.02. The molecule has 0 aromatic carbocycles. The van der Waals surface area contributed by atoms with Crippen molar-refractivity contribution < 1.29 is 9.84 Å². The number of aromatic hydroxyl groups is 1. The highest BCUT2D eigenvalue weighted by atomic mass is 32.1. The summed E-state index contributed by atoms with van der Waals surface area (Å²) in [6.07, 6.45) is 0. The molecule has 0 saturated carbocycles. The quantitative estimate of drug-likeness (QED) is 0.653. The highest BCUT2D eigenvalue weighted by molar-refractivity contribution is 7.80. The maximum atomic E-state index is 9.00. The first-order chi connectivity index (χ1) is 4.74. The van der Waals surface area contributed by atoms with Crippen LogP contribution in [0.5, 0.6) is 11.6 Å². The summed E-state index contributed by atoms with van der Waals surface area (Å²) in [5.74, 6) is 0.0103. The Kier molecular flexibility index (Phi) is 1.86. The van der Waals surface area contributed by atoms with E-state index in [-0.39, 0.29) is 16.7 Å². The van der Waals surface area contributed by atoms with Crippen molar-refractivity contribution >= 4 is 12.6 Å². The molecular weight excluding hydrogens is 152 g/mol. The molecule has 0 aliphatic heterocycles. The van der Waals surface area contributed by atoms with Crippen LogP contribution in [0.2, 0.25) is 0 Å². The van der Waals surface area contributed by atoms with Crippen molar-refractivity contribution in [3.05, 3.63) is 6.07 Å². The number of hydrogen-bond donors (Lipinski definition) is 1. The Balaban J connectivity index is 3.07. The molecule has 1 aromatic heterocycles. The zero-order chi connectivity index (χ0) is 7.56. The maximum absolute atomic E-state index is 9.00. The molecule has 4 nitrogen and oxygen atoms in total. The second-order valence-electron chi connectivity index (χ2n) is 1.58. The van der Waals surface area contributed by atoms with Crippen LogP contribution in [-0.4, -0.2) is 22.4 Å². The summed E-state index contributed by atoms with van der Waals surface area (Å²) < 4.78 is 4.63. The number of nitrogens with zero attached hydrogens (tertiary/aromatic N) is 2. The maximum Gasteiger partial charge on any atom is 0.275 e. The van der Waals surface area contributed by atoms with Crippen LogP contribution in [0.15, 0.2) is 11.1 Å². The van der Waals surface area contributed by atoms with Gasteiger partial charge in [0.25, 0.3) is 5.88 Å². The van der Waals surface area contributed by atoms with Gasteiger partial charge in [0.1, 0.15) is 0 Å². The van der Waals surface area contributed by atoms with E-state index in [0.717, 1.165) is 0 Å². The third-order valence-electron chi connectivity index (χ3n) is 0.912. The van der Waals surface area contributed by atoms with Crippen LogP contribution in [0.25, 0.3) is 0 Å². The molecule has 0 amide bonds. The van der Waals surface area contributed by atoms with Crippen LogP contribution in [0.4, 0.5) is 0 Å². The first-order valence-corrected chi connectivity index (χ1v) is 2.92. The Bertz CT molecular complexity index is 241. The van der Waals surface area contributed by atoms with Crippen LogP contribution in [-0.2, 0) is 0 Å². The van der Waals surface area contributed by atoms with E-state index in [0.29, 0.717) is 0 Å². The standard InChI is InChI=1S/C5H5N2O2S/c1-9-5-3(8)2-4(10)6-7-5/h2H,1H3,(H,6,8). The molecule has 10 heavy (non-hydrogen) atoms. The van der Waals surface area contributed by atoms with Gasteiger partial charge in [0.15, 0.2) is 10.8 Å². The Morgan fingerprint density at radius 1 is 1.60 bits per heavy atom. The number of aromatic nitrogens is 2. The normalized spacial score (nSPS) is 9.30. The Labute approximate surface area is 63.3 Å². The summed E-state index contributed by atoms with van der Waals surface area (Å²) in [6, 6.07) is 1.31. The van der Waals surface area contributed by atoms with Gasteiger partial charge in [0.2, 0.25) is 0 Å². The lowest BCUT2D eigenvalue weighted by atomic mass is 10.5. The minimum atomic E-state index is -0.0810. The van der Waals surface area contributed by atoms with Crippen molar-refractivity contribution in [3.63, 3.8) is 0 Å². The van der Waals surface area contributed by atoms with Gasteiger partial charge in [-0.25, -0.2) is 0 Å². The van der Waals surface area contributed by atoms with Crippen molar-refractivity contribution in [2.45, 2.75) is 5.03 Å². The van der Waals surface area contributed by atoms with Crippen molar-refractivity contribution in [3.8, 4) is 11.6 Å². The molecule has 5 heteroatoms. The van der Waals surface area contributed by atoms with Crippen LogP contribution in [0.3, 0.4) is 0 Å². The van der Waals surface area contributed by atoms with E-state index >= 15 is 0 Å². The zero-order valence-electron chi connectivity index (χ0n) is 5.24. The smallest absolute Gasteiger partial charge is 0.275 e. The molecule has 1 aromatic rings. The summed E-state index contributed by atoms with van der Waals surface area (Å²) in [6.45, 7) is 0. The van der Waals surface area contributed by atoms with Crippen molar-refractivity contribution in [2.75, 3.05) is 7.11 Å². The lowest BCUT2D eigenvalue weighted by Gasteiger charge is -1.98. The molecule has 1 radical (unpaired) electrons. The van der Waals surface area contributed by atoms with E-state index in [4.69, 9.17) is 5.11 Å². The first kappa shape index (κ1) is 7.01. The van der Waals surface area contributed by atoms with Crippen molar-refractivity contribution in [2.24, 2.45) is 0 Å². The molecule has 0 atom stereocenters. The summed E-state index contributed by atoms with van der Waals surface area (Å²) in [5, 5.41) is 16.2. The van der Waals surface area contributed by atoms with E-state index in [1.165, 1.54) is 13.2 Å². The largest absolute Gasteiger partial charge is 0.503 e. The van der Waals surface area contributed by atoms with Gasteiger partial charge >= 0.3 is 0 Å². The molecule has 0 spiro atoms. The molecule has 0 bridgehead atoms. The fraction of sp³-hybridized carbons (Fsp3) is 0.200. The number of ether oxygens (including phenoxy) is 1. The average Bonchev–Trinajstić information content (AvgIpc) is 1.88. The minimum absolute atomic E-state index is 0.0810. The molecule has 0 aliphatic rings. The van der Waals surface area contributed by atoms with Gasteiger partial charge in [0.05, 0.1) is 7.11 Å². The second-order valence-corrected chi connectivity index (χ2v) is 2.00. The topological polar surface area (TPSA) is 55.2 Å². The predicted molar refractivity (Wildman–Crippen MR) is 36.1 cm³/mol. The fourth-order valence-electron chi connectivity index (χ4n) is 0.499. The number of rotatable bonds is 1. The van der Waals surface area contributed by atoms with E-state index in [2.05, 4.69) is 27.6 Å². The fourth-order valence-corrected chi connectivity index (χ4v) is 0.651. The van der Waals surface area contributed by atoms with Gasteiger partial charge in [-0.1, -0.05) is 12.6 Å². The van der Waals surface area contributed by atoms with Crippen LogP contribution in [0, 0.1) is 0 Å². The molecule has 0 saturated heterocycles. The van der Waals surface area contributed by atoms with Gasteiger partial charge in [-0.05, 0) is 0 Å². The third-order valence-corrected chi connectivity index (χ3v) is 1.11. The van der Waals surface area contributed by atoms with Gasteiger partial charge in [0, 0.05) is 6.07 Å². The summed E-state index contributed by atoms with van der Waals surface area (Å²) >= 11 is 4.62. The third kappa shape index (κ3) is 1.24. The summed E-state index contributed by atoms with van der Waals surface area (Å²) in [7, 11) is 1.40. The summed E-state index contributed by atoms with van der Waals surface area (Å²) in [5.41, 5.74) is 0. The van der Waals surface area contributed by atoms with Crippen LogP contribution >= 0.6 is 12.6 Å². The lowest BCUT2D eigenvalue weighted by Crippen LogP contribution is -1.90. The van der Waals surface area contributed by atoms with Gasteiger partial charge in [-0.15, -0.1) is 10.2 Å². The zero-order valence-corrected chi connectivity index (χ0v) is 6.05. The predicted octanol–water partition coefficient (Wildman–Crippen LogP) is 0.747. The highest BCUT2D eigenvalue weighted by Crippen LogP contribution is 2.22. The van der Waals surface area contributed by atoms with Gasteiger partial charge in [-0.3, -0.25) is 0 Å². The average molecular weight is 157 g/mol. The Hall–Kier alpha value is -1.10. The van der Waals surface area contributed by atoms with E-state index in [1.807, 2.05) is 0 Å². The minimum Gasteiger partial charge on any atom is -0.503 e. The Morgan fingerprint density at radius 3 is 2.80 bits per heavy atom. The summed E-state index contributed by atoms with van der Waals surface area (Å²) in [4.78, 5) is 0. The molecule has 1 N–H and O–H groups in total. The molecule has 53 valence electrons. The molecular formula is C5H5N2O2S. The Morgan fingerprint density at radius 2 is 2.30 bits per heavy atom. The van der Waals surface area contributed by atoms with Crippen LogP contribution in [0.1, 0.15) is 0 Å². The van der Waals surface area contributed by atoms with Crippen LogP contribution < -0.4 is 4.74 Å². The molecule has 1 rings (SSSR count). The van der Waals surface area contributed by atoms with Gasteiger partial charge < -0.3 is 9.84 Å². The van der Waals surface area contributed by atoms with E-state index in [9.17, 15) is 0 Å². The second kappa shape index (κ2) is 2.66. The number of hydrogen-bond acceptors (Lipinski definition) is 4. The van der Waals surface area contributed by atoms with Gasteiger partial charge in [-0.2, -0.15) is 0 Å². The first-order valence-electron chi connectivity index (χ1n) is 2.51. The van der Waals surface area contributed by atoms with Crippen molar-refractivity contribution in [1.29, 1.82) is 0 Å². The molecule has 0 unspecified atom stereocenters. The molecule has 0 aliphatic carbocycles. The van der Waals surface area contributed by atoms with E-state index < -0.39 is 0 Å². The molecule has 1 heterocycles. The SMILES string of the molecule is COc1nnc([S])cc1O. The van der Waals surface area contributed by atoms with Crippen molar-refractivity contribution in [1.82, 2.24) is 10.2 Å².